The summed E-state index contributed by atoms with van der Waals surface area (Å²) < 4.78 is 26.9. The second kappa shape index (κ2) is 6.95. The lowest BCUT2D eigenvalue weighted by Gasteiger charge is -2.21. The molecule has 2 aromatic rings. The van der Waals surface area contributed by atoms with Gasteiger partial charge in [-0.25, -0.2) is 8.78 Å². The maximum absolute atomic E-state index is 13.9. The molecule has 0 bridgehead atoms. The third-order valence-corrected chi connectivity index (χ3v) is 4.12. The molecule has 0 spiro atoms. The van der Waals surface area contributed by atoms with Crippen LogP contribution >= 0.6 is 0 Å². The number of hydrogen-bond acceptors (Lipinski definition) is 1. The molecule has 0 saturated heterocycles. The van der Waals surface area contributed by atoms with E-state index in [1.165, 1.54) is 18.2 Å². The number of rotatable bonds is 5. The highest BCUT2D eigenvalue weighted by Gasteiger charge is 2.32. The van der Waals surface area contributed by atoms with Gasteiger partial charge in [-0.3, -0.25) is 4.79 Å². The fraction of sp³-hybridized carbons (Fsp3) is 0.250. The van der Waals surface area contributed by atoms with Crippen molar-refractivity contribution in [3.63, 3.8) is 0 Å². The standard InChI is InChI=1S/C20H19F2NO/c1-14-2-4-15(5-3-14)6-11-20(24)23(18-9-10-18)13-16-7-8-17(21)12-19(16)22/h2-8,11-12,18H,9-10,13H2,1H3/b11-6+. The minimum absolute atomic E-state index is 0.143. The lowest BCUT2D eigenvalue weighted by Crippen LogP contribution is -2.31. The molecule has 0 atom stereocenters. The van der Waals surface area contributed by atoms with E-state index < -0.39 is 11.6 Å². The van der Waals surface area contributed by atoms with Gasteiger partial charge in [0.05, 0.1) is 0 Å². The van der Waals surface area contributed by atoms with Crippen molar-refractivity contribution < 1.29 is 13.6 Å². The molecule has 4 heteroatoms. The Morgan fingerprint density at radius 2 is 1.88 bits per heavy atom. The molecule has 1 amide bonds. The molecule has 24 heavy (non-hydrogen) atoms. The molecule has 2 aromatic carbocycles. The Kier molecular flexibility index (Phi) is 4.74. The molecule has 1 fully saturated rings. The molecular weight excluding hydrogens is 308 g/mol. The predicted octanol–water partition coefficient (Wildman–Crippen LogP) is 4.48. The third-order valence-electron chi connectivity index (χ3n) is 4.12. The SMILES string of the molecule is Cc1ccc(/C=C/C(=O)N(Cc2ccc(F)cc2F)C2CC2)cc1. The molecule has 1 saturated carbocycles. The summed E-state index contributed by atoms with van der Waals surface area (Å²) in [5.41, 5.74) is 2.43. The van der Waals surface area contributed by atoms with Crippen LogP contribution < -0.4 is 0 Å². The first-order valence-electron chi connectivity index (χ1n) is 8.02. The highest BCUT2D eigenvalue weighted by molar-refractivity contribution is 5.92. The van der Waals surface area contributed by atoms with Crippen molar-refractivity contribution in [1.82, 2.24) is 4.90 Å². The maximum Gasteiger partial charge on any atom is 0.247 e. The van der Waals surface area contributed by atoms with Crippen molar-refractivity contribution in [2.75, 3.05) is 0 Å². The molecule has 3 rings (SSSR count). The molecule has 2 nitrogen and oxygen atoms in total. The first-order valence-corrected chi connectivity index (χ1v) is 8.02. The average Bonchev–Trinajstić information content (AvgIpc) is 3.38. The summed E-state index contributed by atoms with van der Waals surface area (Å²) in [4.78, 5) is 14.1. The summed E-state index contributed by atoms with van der Waals surface area (Å²) in [6.45, 7) is 2.17. The smallest absolute Gasteiger partial charge is 0.247 e. The van der Waals surface area contributed by atoms with Crippen LogP contribution in [0.15, 0.2) is 48.5 Å². The number of carbonyl (C=O) groups is 1. The van der Waals surface area contributed by atoms with Gasteiger partial charge in [0.15, 0.2) is 0 Å². The molecule has 0 radical (unpaired) electrons. The number of amides is 1. The number of aryl methyl sites for hydroxylation is 1. The Labute approximate surface area is 140 Å². The van der Waals surface area contributed by atoms with E-state index in [0.29, 0.717) is 5.56 Å². The number of halogens is 2. The fourth-order valence-corrected chi connectivity index (χ4v) is 2.55. The molecule has 124 valence electrons. The van der Waals surface area contributed by atoms with Gasteiger partial charge in [0, 0.05) is 30.3 Å². The van der Waals surface area contributed by atoms with Gasteiger partial charge in [-0.2, -0.15) is 0 Å². The van der Waals surface area contributed by atoms with E-state index in [4.69, 9.17) is 0 Å². The van der Waals surface area contributed by atoms with Gasteiger partial charge in [-0.15, -0.1) is 0 Å². The van der Waals surface area contributed by atoms with E-state index >= 15 is 0 Å². The van der Waals surface area contributed by atoms with Crippen molar-refractivity contribution in [1.29, 1.82) is 0 Å². The summed E-state index contributed by atoms with van der Waals surface area (Å²) >= 11 is 0. The first-order chi connectivity index (χ1) is 11.5. The molecule has 0 heterocycles. The van der Waals surface area contributed by atoms with Crippen LogP contribution in [-0.2, 0) is 11.3 Å². The number of carbonyl (C=O) groups excluding carboxylic acids is 1. The number of nitrogens with zero attached hydrogens (tertiary/aromatic N) is 1. The van der Waals surface area contributed by atoms with Crippen LogP contribution in [0.25, 0.3) is 6.08 Å². The Bertz CT molecular complexity index is 764. The van der Waals surface area contributed by atoms with Crippen LogP contribution in [0, 0.1) is 18.6 Å². The summed E-state index contributed by atoms with van der Waals surface area (Å²) in [7, 11) is 0. The largest absolute Gasteiger partial charge is 0.332 e. The zero-order chi connectivity index (χ0) is 17.1. The molecular formula is C20H19F2NO. The summed E-state index contributed by atoms with van der Waals surface area (Å²) in [5, 5.41) is 0. The van der Waals surface area contributed by atoms with Crippen molar-refractivity contribution in [3.8, 4) is 0 Å². The van der Waals surface area contributed by atoms with Gasteiger partial charge in [0.25, 0.3) is 0 Å². The van der Waals surface area contributed by atoms with Crippen LogP contribution in [0.5, 0.6) is 0 Å². The number of benzene rings is 2. The molecule has 1 aliphatic rings. The summed E-state index contributed by atoms with van der Waals surface area (Å²) in [6, 6.07) is 11.5. The lowest BCUT2D eigenvalue weighted by atomic mass is 10.1. The molecule has 1 aliphatic carbocycles. The van der Waals surface area contributed by atoms with Crippen molar-refractivity contribution in [3.05, 3.63) is 76.9 Å². The van der Waals surface area contributed by atoms with Gasteiger partial charge < -0.3 is 4.90 Å². The fourth-order valence-electron chi connectivity index (χ4n) is 2.55. The molecule has 0 N–H and O–H groups in total. The van der Waals surface area contributed by atoms with Gasteiger partial charge in [-0.1, -0.05) is 35.9 Å². The number of hydrogen-bond donors (Lipinski definition) is 0. The quantitative estimate of drug-likeness (QED) is 0.742. The predicted molar refractivity (Wildman–Crippen MR) is 90.1 cm³/mol. The third kappa shape index (κ3) is 4.07. The molecule has 0 aromatic heterocycles. The van der Waals surface area contributed by atoms with E-state index in [1.54, 1.807) is 11.0 Å². The van der Waals surface area contributed by atoms with Gasteiger partial charge in [0.2, 0.25) is 5.91 Å². The molecule has 0 unspecified atom stereocenters. The zero-order valence-corrected chi connectivity index (χ0v) is 13.5. The zero-order valence-electron chi connectivity index (χ0n) is 13.5. The van der Waals surface area contributed by atoms with Gasteiger partial charge in [-0.05, 0) is 37.5 Å². The Balaban J connectivity index is 1.73. The van der Waals surface area contributed by atoms with Crippen LogP contribution in [0.4, 0.5) is 8.78 Å². The van der Waals surface area contributed by atoms with E-state index in [0.717, 1.165) is 30.0 Å². The van der Waals surface area contributed by atoms with Crippen molar-refractivity contribution >= 4 is 12.0 Å². The Hall–Kier alpha value is -2.49. The monoisotopic (exact) mass is 327 g/mol. The highest BCUT2D eigenvalue weighted by Crippen LogP contribution is 2.29. The topological polar surface area (TPSA) is 20.3 Å². The van der Waals surface area contributed by atoms with Crippen LogP contribution in [0.3, 0.4) is 0 Å². The summed E-state index contributed by atoms with van der Waals surface area (Å²) in [6.07, 6.45) is 5.13. The Morgan fingerprint density at radius 1 is 1.17 bits per heavy atom. The van der Waals surface area contributed by atoms with Crippen molar-refractivity contribution in [2.24, 2.45) is 0 Å². The van der Waals surface area contributed by atoms with E-state index in [2.05, 4.69) is 0 Å². The second-order valence-corrected chi connectivity index (χ2v) is 6.18. The maximum atomic E-state index is 13.9. The Morgan fingerprint density at radius 3 is 2.50 bits per heavy atom. The lowest BCUT2D eigenvalue weighted by molar-refractivity contribution is -0.127. The van der Waals surface area contributed by atoms with E-state index in [1.807, 2.05) is 31.2 Å². The van der Waals surface area contributed by atoms with Gasteiger partial charge >= 0.3 is 0 Å². The summed E-state index contributed by atoms with van der Waals surface area (Å²) in [5.74, 6) is -1.38. The van der Waals surface area contributed by atoms with E-state index in [9.17, 15) is 13.6 Å². The van der Waals surface area contributed by atoms with Crippen LogP contribution in [-0.4, -0.2) is 16.8 Å². The van der Waals surface area contributed by atoms with Gasteiger partial charge in [0.1, 0.15) is 11.6 Å². The highest BCUT2D eigenvalue weighted by atomic mass is 19.1. The minimum Gasteiger partial charge on any atom is -0.332 e. The normalized spacial score (nSPS) is 14.1. The minimum atomic E-state index is -0.615. The average molecular weight is 327 g/mol. The van der Waals surface area contributed by atoms with Crippen LogP contribution in [0.1, 0.15) is 29.5 Å². The van der Waals surface area contributed by atoms with Crippen LogP contribution in [0.2, 0.25) is 0 Å². The molecule has 0 aliphatic heterocycles. The second-order valence-electron chi connectivity index (χ2n) is 6.18. The van der Waals surface area contributed by atoms with E-state index in [-0.39, 0.29) is 18.5 Å². The van der Waals surface area contributed by atoms with Crippen molar-refractivity contribution in [2.45, 2.75) is 32.4 Å². The first kappa shape index (κ1) is 16.4.